The number of allylic oxidation sites excluding steroid dienone is 2. The minimum atomic E-state index is 0.296. The molecule has 0 spiro atoms. The number of hydrogen-bond acceptors (Lipinski definition) is 2. The quantitative estimate of drug-likeness (QED) is 0.678. The monoisotopic (exact) mass is 221 g/mol. The Hall–Kier alpha value is -0.630. The molecule has 0 amide bonds. The second-order valence-electron chi connectivity index (χ2n) is 6.12. The van der Waals surface area contributed by atoms with Crippen LogP contribution in [0.3, 0.4) is 0 Å². The van der Waals surface area contributed by atoms with Gasteiger partial charge in [0.1, 0.15) is 0 Å². The predicted octanol–water partition coefficient (Wildman–Crippen LogP) is 2.79. The molecular formula is C14H23NO. The summed E-state index contributed by atoms with van der Waals surface area (Å²) in [6, 6.07) is 0. The van der Waals surface area contributed by atoms with Crippen molar-refractivity contribution in [1.29, 1.82) is 0 Å². The van der Waals surface area contributed by atoms with Crippen molar-refractivity contribution in [3.05, 3.63) is 11.6 Å². The van der Waals surface area contributed by atoms with E-state index in [1.807, 2.05) is 6.08 Å². The van der Waals surface area contributed by atoms with Crippen molar-refractivity contribution in [2.24, 2.45) is 5.92 Å². The van der Waals surface area contributed by atoms with Gasteiger partial charge in [-0.1, -0.05) is 5.57 Å². The van der Waals surface area contributed by atoms with E-state index in [4.69, 9.17) is 0 Å². The largest absolute Gasteiger partial charge is 0.298 e. The first-order valence-electron chi connectivity index (χ1n) is 6.45. The smallest absolute Gasteiger partial charge is 0.155 e. The van der Waals surface area contributed by atoms with Gasteiger partial charge in [0.15, 0.2) is 5.78 Å². The Morgan fingerprint density at radius 3 is 2.25 bits per heavy atom. The highest BCUT2D eigenvalue weighted by molar-refractivity contribution is 5.93. The lowest BCUT2D eigenvalue weighted by Gasteiger charge is -2.41. The minimum Gasteiger partial charge on any atom is -0.298 e. The molecule has 0 saturated carbocycles. The van der Waals surface area contributed by atoms with E-state index < -0.39 is 0 Å². The first-order chi connectivity index (χ1) is 7.47. The Labute approximate surface area is 98.7 Å². The van der Waals surface area contributed by atoms with Crippen LogP contribution in [0.25, 0.3) is 0 Å². The molecule has 0 aromatic rings. The molecule has 1 fully saturated rings. The summed E-state index contributed by atoms with van der Waals surface area (Å²) in [6.07, 6.45) is 6.16. The second-order valence-corrected chi connectivity index (χ2v) is 6.12. The molecule has 16 heavy (non-hydrogen) atoms. The summed E-state index contributed by atoms with van der Waals surface area (Å²) in [6.45, 7) is 9.21. The Kier molecular flexibility index (Phi) is 3.20. The lowest BCUT2D eigenvalue weighted by molar-refractivity contribution is -0.114. The normalized spacial score (nSPS) is 24.9. The predicted molar refractivity (Wildman–Crippen MR) is 66.4 cm³/mol. The van der Waals surface area contributed by atoms with Crippen molar-refractivity contribution >= 4 is 5.78 Å². The molecule has 0 aromatic carbocycles. The first-order valence-corrected chi connectivity index (χ1v) is 6.45. The van der Waals surface area contributed by atoms with Crippen molar-refractivity contribution in [2.45, 2.75) is 52.0 Å². The zero-order valence-electron chi connectivity index (χ0n) is 10.8. The van der Waals surface area contributed by atoms with Crippen molar-refractivity contribution in [3.8, 4) is 0 Å². The Bertz CT molecular complexity index is 303. The van der Waals surface area contributed by atoms with E-state index in [1.165, 1.54) is 31.5 Å². The summed E-state index contributed by atoms with van der Waals surface area (Å²) in [7, 11) is 0. The number of carbonyl (C=O) groups is 1. The molecule has 1 aliphatic heterocycles. The number of rotatable bonds is 1. The maximum Gasteiger partial charge on any atom is 0.155 e. The summed E-state index contributed by atoms with van der Waals surface area (Å²) in [5, 5.41) is 0. The zero-order valence-corrected chi connectivity index (χ0v) is 10.8. The number of carbonyl (C=O) groups excluding carboxylic acids is 1. The van der Waals surface area contributed by atoms with Crippen LogP contribution >= 0.6 is 0 Å². The van der Waals surface area contributed by atoms with Crippen LogP contribution in [0.15, 0.2) is 11.6 Å². The van der Waals surface area contributed by atoms with Crippen LogP contribution in [-0.2, 0) is 4.79 Å². The molecule has 1 saturated heterocycles. The van der Waals surface area contributed by atoms with Gasteiger partial charge in [-0.3, -0.25) is 9.69 Å². The highest BCUT2D eigenvalue weighted by atomic mass is 16.1. The van der Waals surface area contributed by atoms with Gasteiger partial charge in [-0.15, -0.1) is 0 Å². The Morgan fingerprint density at radius 1 is 1.19 bits per heavy atom. The van der Waals surface area contributed by atoms with Crippen LogP contribution in [0.5, 0.6) is 0 Å². The summed E-state index contributed by atoms with van der Waals surface area (Å²) in [5.74, 6) is 1.03. The topological polar surface area (TPSA) is 20.3 Å². The van der Waals surface area contributed by atoms with E-state index >= 15 is 0 Å². The molecule has 0 unspecified atom stereocenters. The number of nitrogens with zero attached hydrogens (tertiary/aromatic N) is 1. The maximum atomic E-state index is 11.2. The summed E-state index contributed by atoms with van der Waals surface area (Å²) in [5.41, 5.74) is 1.73. The van der Waals surface area contributed by atoms with E-state index in [-0.39, 0.29) is 0 Å². The summed E-state index contributed by atoms with van der Waals surface area (Å²) in [4.78, 5) is 13.8. The Balaban J connectivity index is 1.91. The number of likely N-dealkylation sites (tertiary alicyclic amines) is 1. The fourth-order valence-corrected chi connectivity index (χ4v) is 2.86. The van der Waals surface area contributed by atoms with Gasteiger partial charge < -0.3 is 0 Å². The Morgan fingerprint density at radius 2 is 1.81 bits per heavy atom. The molecule has 0 aromatic heterocycles. The lowest BCUT2D eigenvalue weighted by Crippen LogP contribution is -2.46. The standard InChI is InChI=1S/C14H23NO/c1-14(2,3)15-8-6-11(7-9-15)12-4-5-13(16)10-12/h10-11H,4-9H2,1-3H3. The van der Waals surface area contributed by atoms with E-state index in [0.29, 0.717) is 17.2 Å². The molecule has 0 radical (unpaired) electrons. The molecule has 2 aliphatic rings. The molecule has 2 heteroatoms. The fourth-order valence-electron chi connectivity index (χ4n) is 2.86. The molecule has 2 rings (SSSR count). The molecule has 0 atom stereocenters. The van der Waals surface area contributed by atoms with Gasteiger partial charge in [0.05, 0.1) is 0 Å². The molecule has 0 bridgehead atoms. The second kappa shape index (κ2) is 4.33. The van der Waals surface area contributed by atoms with Crippen molar-refractivity contribution < 1.29 is 4.79 Å². The van der Waals surface area contributed by atoms with Gasteiger partial charge in [-0.25, -0.2) is 0 Å². The summed E-state index contributed by atoms with van der Waals surface area (Å²) < 4.78 is 0. The van der Waals surface area contributed by atoms with Crippen LogP contribution in [0, 0.1) is 5.92 Å². The number of ketones is 1. The maximum absolute atomic E-state index is 11.2. The van der Waals surface area contributed by atoms with Gasteiger partial charge in [-0.2, -0.15) is 0 Å². The van der Waals surface area contributed by atoms with Gasteiger partial charge in [0.25, 0.3) is 0 Å². The lowest BCUT2D eigenvalue weighted by atomic mass is 9.87. The highest BCUT2D eigenvalue weighted by Crippen LogP contribution is 2.32. The third-order valence-electron chi connectivity index (χ3n) is 3.97. The van der Waals surface area contributed by atoms with E-state index in [9.17, 15) is 4.79 Å². The van der Waals surface area contributed by atoms with Crippen molar-refractivity contribution in [3.63, 3.8) is 0 Å². The van der Waals surface area contributed by atoms with Crippen LogP contribution in [0.4, 0.5) is 0 Å². The number of hydrogen-bond donors (Lipinski definition) is 0. The third-order valence-corrected chi connectivity index (χ3v) is 3.97. The van der Waals surface area contributed by atoms with Gasteiger partial charge in [0, 0.05) is 12.0 Å². The van der Waals surface area contributed by atoms with E-state index in [0.717, 1.165) is 12.8 Å². The van der Waals surface area contributed by atoms with Crippen molar-refractivity contribution in [2.75, 3.05) is 13.1 Å². The average Bonchev–Trinajstić information content (AvgIpc) is 2.64. The van der Waals surface area contributed by atoms with Gasteiger partial charge in [-0.05, 0) is 65.1 Å². The summed E-state index contributed by atoms with van der Waals surface area (Å²) >= 11 is 0. The fraction of sp³-hybridized carbons (Fsp3) is 0.786. The zero-order chi connectivity index (χ0) is 11.8. The van der Waals surface area contributed by atoms with Crippen LogP contribution in [0.2, 0.25) is 0 Å². The molecular weight excluding hydrogens is 198 g/mol. The third kappa shape index (κ3) is 2.54. The molecule has 90 valence electrons. The molecule has 1 heterocycles. The molecule has 0 N–H and O–H groups in total. The van der Waals surface area contributed by atoms with E-state index in [1.54, 1.807) is 0 Å². The van der Waals surface area contributed by atoms with Crippen LogP contribution in [-0.4, -0.2) is 29.3 Å². The van der Waals surface area contributed by atoms with Crippen LogP contribution < -0.4 is 0 Å². The molecule has 2 nitrogen and oxygen atoms in total. The van der Waals surface area contributed by atoms with Gasteiger partial charge in [0.2, 0.25) is 0 Å². The van der Waals surface area contributed by atoms with E-state index in [2.05, 4.69) is 25.7 Å². The average molecular weight is 221 g/mol. The first kappa shape index (κ1) is 11.8. The molecule has 1 aliphatic carbocycles. The highest BCUT2D eigenvalue weighted by Gasteiger charge is 2.29. The minimum absolute atomic E-state index is 0.296. The van der Waals surface area contributed by atoms with Crippen molar-refractivity contribution in [1.82, 2.24) is 4.90 Å². The van der Waals surface area contributed by atoms with Crippen LogP contribution in [0.1, 0.15) is 46.5 Å². The van der Waals surface area contributed by atoms with Gasteiger partial charge >= 0.3 is 0 Å². The SMILES string of the molecule is CC(C)(C)N1CCC(C2=CC(=O)CC2)CC1. The number of piperidine rings is 1.